The highest BCUT2D eigenvalue weighted by Crippen LogP contribution is 2.25. The number of carboxylic acids is 1. The first kappa shape index (κ1) is 17.5. The molecule has 1 aromatic rings. The van der Waals surface area contributed by atoms with Crippen LogP contribution in [0.25, 0.3) is 0 Å². The van der Waals surface area contributed by atoms with Gasteiger partial charge in [-0.2, -0.15) is 0 Å². The minimum atomic E-state index is -0.813. The molecule has 0 aliphatic rings. The fourth-order valence-electron chi connectivity index (χ4n) is 2.33. The van der Waals surface area contributed by atoms with Gasteiger partial charge in [0.15, 0.2) is 0 Å². The van der Waals surface area contributed by atoms with Crippen molar-refractivity contribution in [1.82, 2.24) is 0 Å². The third-order valence-corrected chi connectivity index (χ3v) is 3.77. The molecule has 0 bridgehead atoms. The first-order chi connectivity index (χ1) is 9.81. The summed E-state index contributed by atoms with van der Waals surface area (Å²) in [5.74, 6) is -0.924. The Kier molecular flexibility index (Phi) is 6.68. The fourth-order valence-corrected chi connectivity index (χ4v) is 2.89. The Morgan fingerprint density at radius 3 is 2.57 bits per heavy atom. The third-order valence-electron chi connectivity index (χ3n) is 3.11. The normalized spacial score (nSPS) is 12.2. The maximum absolute atomic E-state index is 11.5. The van der Waals surface area contributed by atoms with Gasteiger partial charge in [-0.25, -0.2) is 0 Å². The van der Waals surface area contributed by atoms with Crippen LogP contribution in [-0.2, 0) is 4.79 Å². The predicted octanol–water partition coefficient (Wildman–Crippen LogP) is 3.10. The molecule has 21 heavy (non-hydrogen) atoms. The summed E-state index contributed by atoms with van der Waals surface area (Å²) in [6, 6.07) is 5.31. The van der Waals surface area contributed by atoms with Crippen LogP contribution in [0.5, 0.6) is 0 Å². The predicted molar refractivity (Wildman–Crippen MR) is 86.3 cm³/mol. The lowest BCUT2D eigenvalue weighted by molar-refractivity contribution is -0.138. The van der Waals surface area contributed by atoms with Crippen LogP contribution < -0.4 is 11.1 Å². The molecular formula is C15H21BrN2O3. The highest BCUT2D eigenvalue weighted by molar-refractivity contribution is 9.10. The van der Waals surface area contributed by atoms with Crippen molar-refractivity contribution < 1.29 is 14.7 Å². The van der Waals surface area contributed by atoms with Crippen molar-refractivity contribution in [3.63, 3.8) is 0 Å². The lowest BCUT2D eigenvalue weighted by Gasteiger charge is -2.19. The second kappa shape index (κ2) is 8.02. The molecule has 0 radical (unpaired) electrons. The Bertz CT molecular complexity index is 518. The highest BCUT2D eigenvalue weighted by atomic mass is 79.9. The summed E-state index contributed by atoms with van der Waals surface area (Å²) in [6.45, 7) is 4.60. The zero-order chi connectivity index (χ0) is 16.0. The molecule has 0 saturated heterocycles. The van der Waals surface area contributed by atoms with E-state index in [1.54, 1.807) is 18.2 Å². The van der Waals surface area contributed by atoms with E-state index >= 15 is 0 Å². The van der Waals surface area contributed by atoms with Crippen LogP contribution in [0.1, 0.15) is 37.0 Å². The van der Waals surface area contributed by atoms with Gasteiger partial charge in [0.1, 0.15) is 0 Å². The molecule has 0 aliphatic heterocycles. The Morgan fingerprint density at radius 1 is 1.38 bits per heavy atom. The second-order valence-corrected chi connectivity index (χ2v) is 6.36. The van der Waals surface area contributed by atoms with Crippen LogP contribution >= 0.6 is 15.9 Å². The summed E-state index contributed by atoms with van der Waals surface area (Å²) in [5.41, 5.74) is 6.39. The number of nitrogens with two attached hydrogens (primary N) is 1. The van der Waals surface area contributed by atoms with Crippen molar-refractivity contribution in [3.8, 4) is 0 Å². The smallest absolute Gasteiger partial charge is 0.303 e. The van der Waals surface area contributed by atoms with Crippen molar-refractivity contribution in [1.29, 1.82) is 0 Å². The van der Waals surface area contributed by atoms with Crippen molar-refractivity contribution in [3.05, 3.63) is 28.2 Å². The molecule has 0 spiro atoms. The molecule has 6 heteroatoms. The first-order valence-corrected chi connectivity index (χ1v) is 7.64. The minimum Gasteiger partial charge on any atom is -0.481 e. The zero-order valence-corrected chi connectivity index (χ0v) is 13.8. The van der Waals surface area contributed by atoms with Gasteiger partial charge in [0, 0.05) is 23.1 Å². The number of anilines is 1. The Labute approximate surface area is 133 Å². The molecular weight excluding hydrogens is 336 g/mol. The van der Waals surface area contributed by atoms with E-state index in [4.69, 9.17) is 10.8 Å². The second-order valence-electron chi connectivity index (χ2n) is 5.50. The van der Waals surface area contributed by atoms with Crippen LogP contribution in [0.15, 0.2) is 22.7 Å². The summed E-state index contributed by atoms with van der Waals surface area (Å²) < 4.78 is 0.624. The van der Waals surface area contributed by atoms with Crippen LogP contribution in [0.4, 0.5) is 5.69 Å². The van der Waals surface area contributed by atoms with Crippen molar-refractivity contribution in [2.75, 3.05) is 11.9 Å². The summed E-state index contributed by atoms with van der Waals surface area (Å²) in [6.07, 6.45) is 0.907. The molecule has 1 aromatic carbocycles. The van der Waals surface area contributed by atoms with Gasteiger partial charge >= 0.3 is 5.97 Å². The molecule has 1 amide bonds. The largest absolute Gasteiger partial charge is 0.481 e. The maximum Gasteiger partial charge on any atom is 0.303 e. The molecule has 116 valence electrons. The number of benzene rings is 1. The average molecular weight is 357 g/mol. The van der Waals surface area contributed by atoms with E-state index in [0.717, 1.165) is 6.42 Å². The number of hydrogen-bond acceptors (Lipinski definition) is 3. The molecule has 1 atom stereocenters. The molecule has 1 rings (SSSR count). The van der Waals surface area contributed by atoms with Gasteiger partial charge in [0.2, 0.25) is 0 Å². The summed E-state index contributed by atoms with van der Waals surface area (Å²) in [7, 11) is 0. The molecule has 4 N–H and O–H groups in total. The number of carbonyl (C=O) groups excluding carboxylic acids is 1. The van der Waals surface area contributed by atoms with E-state index in [2.05, 4.69) is 35.1 Å². The Balaban J connectivity index is 2.82. The van der Waals surface area contributed by atoms with Crippen molar-refractivity contribution in [2.24, 2.45) is 17.6 Å². The Hall–Kier alpha value is -1.56. The number of aliphatic carboxylic acids is 1. The quantitative estimate of drug-likeness (QED) is 0.667. The number of rotatable bonds is 8. The van der Waals surface area contributed by atoms with E-state index in [1.807, 2.05) is 0 Å². The van der Waals surface area contributed by atoms with Gasteiger partial charge in [-0.15, -0.1) is 0 Å². The third kappa shape index (κ3) is 5.75. The Morgan fingerprint density at radius 2 is 2.05 bits per heavy atom. The summed E-state index contributed by atoms with van der Waals surface area (Å²) in [5, 5.41) is 12.1. The SMILES string of the molecule is CC(C)CC(CNc1cccc(Br)c1C(N)=O)CC(=O)O. The number of amides is 1. The number of carbonyl (C=O) groups is 2. The number of hydrogen-bond donors (Lipinski definition) is 3. The average Bonchev–Trinajstić information content (AvgIpc) is 2.34. The molecule has 0 heterocycles. The zero-order valence-electron chi connectivity index (χ0n) is 12.2. The summed E-state index contributed by atoms with van der Waals surface area (Å²) in [4.78, 5) is 22.4. The number of nitrogens with one attached hydrogen (secondary N) is 1. The first-order valence-electron chi connectivity index (χ1n) is 6.85. The van der Waals surface area contributed by atoms with Gasteiger partial charge in [-0.05, 0) is 46.3 Å². The fraction of sp³-hybridized carbons (Fsp3) is 0.467. The van der Waals surface area contributed by atoms with E-state index in [9.17, 15) is 9.59 Å². The molecule has 0 saturated carbocycles. The topological polar surface area (TPSA) is 92.4 Å². The minimum absolute atomic E-state index is 0.00204. The van der Waals surface area contributed by atoms with Crippen LogP contribution in [0.2, 0.25) is 0 Å². The molecule has 0 aliphatic carbocycles. The van der Waals surface area contributed by atoms with Gasteiger partial charge in [0.05, 0.1) is 5.56 Å². The van der Waals surface area contributed by atoms with Gasteiger partial charge < -0.3 is 16.2 Å². The van der Waals surface area contributed by atoms with Gasteiger partial charge in [-0.3, -0.25) is 9.59 Å². The van der Waals surface area contributed by atoms with E-state index < -0.39 is 11.9 Å². The van der Waals surface area contributed by atoms with Crippen LogP contribution in [0.3, 0.4) is 0 Å². The van der Waals surface area contributed by atoms with Gasteiger partial charge in [0.25, 0.3) is 5.91 Å². The standard InChI is InChI=1S/C15H21BrN2O3/c1-9(2)6-10(7-13(19)20)8-18-12-5-3-4-11(16)14(12)15(17)21/h3-5,9-10,18H,6-8H2,1-2H3,(H2,17,21)(H,19,20). The number of halogens is 1. The van der Waals surface area contributed by atoms with Crippen molar-refractivity contribution in [2.45, 2.75) is 26.7 Å². The molecule has 1 unspecified atom stereocenters. The maximum atomic E-state index is 11.5. The van der Waals surface area contributed by atoms with E-state index in [-0.39, 0.29) is 12.3 Å². The molecule has 5 nitrogen and oxygen atoms in total. The van der Waals surface area contributed by atoms with E-state index in [0.29, 0.717) is 28.2 Å². The monoisotopic (exact) mass is 356 g/mol. The molecule has 0 fully saturated rings. The van der Waals surface area contributed by atoms with Crippen LogP contribution in [0, 0.1) is 11.8 Å². The van der Waals surface area contributed by atoms with Crippen LogP contribution in [-0.4, -0.2) is 23.5 Å². The molecule has 0 aromatic heterocycles. The van der Waals surface area contributed by atoms with Gasteiger partial charge in [-0.1, -0.05) is 19.9 Å². The lowest BCUT2D eigenvalue weighted by Crippen LogP contribution is -2.22. The highest BCUT2D eigenvalue weighted by Gasteiger charge is 2.17. The van der Waals surface area contributed by atoms with Crippen molar-refractivity contribution >= 4 is 33.5 Å². The number of primary amides is 1. The number of carboxylic acid groups (broad SMARTS) is 1. The lowest BCUT2D eigenvalue weighted by atomic mass is 9.94. The summed E-state index contributed by atoms with van der Waals surface area (Å²) >= 11 is 3.30. The van der Waals surface area contributed by atoms with E-state index in [1.165, 1.54) is 0 Å².